The molecule has 1 aliphatic rings. The third kappa shape index (κ3) is 3.77. The second-order valence-corrected chi connectivity index (χ2v) is 6.72. The first kappa shape index (κ1) is 14.4. The van der Waals surface area contributed by atoms with Gasteiger partial charge in [0.05, 0.1) is 12.7 Å². The zero-order valence-corrected chi connectivity index (χ0v) is 12.8. The summed E-state index contributed by atoms with van der Waals surface area (Å²) < 4.78 is 11.5. The fraction of sp³-hybridized carbons (Fsp3) is 0.353. The van der Waals surface area contributed by atoms with Crippen molar-refractivity contribution in [2.45, 2.75) is 24.7 Å². The van der Waals surface area contributed by atoms with Gasteiger partial charge in [0.15, 0.2) is 5.12 Å². The summed E-state index contributed by atoms with van der Waals surface area (Å²) in [6.45, 7) is 2.77. The van der Waals surface area contributed by atoms with Crippen LogP contribution in [0.3, 0.4) is 0 Å². The van der Waals surface area contributed by atoms with Crippen molar-refractivity contribution in [3.63, 3.8) is 0 Å². The molecule has 1 fully saturated rings. The van der Waals surface area contributed by atoms with E-state index in [0.717, 1.165) is 12.2 Å². The molecular weight excluding hydrogens is 284 g/mol. The number of carbonyl (C=O) groups excluding carboxylic acids is 1. The molecule has 0 aromatic heterocycles. The molecule has 0 unspecified atom stereocenters. The molecule has 0 spiro atoms. The summed E-state index contributed by atoms with van der Waals surface area (Å²) in [6.07, 6.45) is 0.950. The van der Waals surface area contributed by atoms with Crippen LogP contribution in [0.15, 0.2) is 42.5 Å². The molecule has 1 aliphatic heterocycles. The third-order valence-corrected chi connectivity index (χ3v) is 4.53. The van der Waals surface area contributed by atoms with Crippen LogP contribution < -0.4 is 4.74 Å². The Labute approximate surface area is 128 Å². The lowest BCUT2D eigenvalue weighted by Gasteiger charge is -2.12. The predicted molar refractivity (Wildman–Crippen MR) is 85.9 cm³/mol. The van der Waals surface area contributed by atoms with Gasteiger partial charge in [0.25, 0.3) is 0 Å². The van der Waals surface area contributed by atoms with Crippen molar-refractivity contribution >= 4 is 27.6 Å². The van der Waals surface area contributed by atoms with Crippen molar-refractivity contribution in [2.75, 3.05) is 13.2 Å². The first-order chi connectivity index (χ1) is 10.2. The fourth-order valence-electron chi connectivity index (χ4n) is 2.55. The molecule has 0 bridgehead atoms. The zero-order valence-electron chi connectivity index (χ0n) is 12.0. The van der Waals surface area contributed by atoms with Gasteiger partial charge in [-0.2, -0.15) is 0 Å². The highest BCUT2D eigenvalue weighted by molar-refractivity contribution is 8.14. The van der Waals surface area contributed by atoms with Crippen molar-refractivity contribution < 1.29 is 14.3 Å². The van der Waals surface area contributed by atoms with E-state index in [-0.39, 0.29) is 16.5 Å². The maximum absolute atomic E-state index is 11.1. The van der Waals surface area contributed by atoms with Gasteiger partial charge in [-0.15, -0.1) is 0 Å². The molecule has 1 saturated heterocycles. The minimum absolute atomic E-state index is 0.0771. The largest absolute Gasteiger partial charge is 0.491 e. The number of carbonyl (C=O) groups is 1. The van der Waals surface area contributed by atoms with Crippen LogP contribution in [0.25, 0.3) is 10.8 Å². The monoisotopic (exact) mass is 302 g/mol. The normalized spacial score (nSPS) is 21.6. The molecule has 0 aliphatic carbocycles. The summed E-state index contributed by atoms with van der Waals surface area (Å²) in [5.41, 5.74) is 0. The van der Waals surface area contributed by atoms with Crippen molar-refractivity contribution in [3.8, 4) is 5.75 Å². The Morgan fingerprint density at radius 2 is 2.10 bits per heavy atom. The number of rotatable bonds is 4. The van der Waals surface area contributed by atoms with Gasteiger partial charge in [0.1, 0.15) is 12.4 Å². The van der Waals surface area contributed by atoms with E-state index >= 15 is 0 Å². The van der Waals surface area contributed by atoms with Gasteiger partial charge in [-0.1, -0.05) is 42.1 Å². The number of ether oxygens (including phenoxy) is 2. The molecular formula is C17H18O3S. The Balaban J connectivity index is 1.56. The highest BCUT2D eigenvalue weighted by Gasteiger charge is 2.27. The van der Waals surface area contributed by atoms with Crippen LogP contribution in [-0.4, -0.2) is 29.7 Å². The standard InChI is InChI=1S/C17H18O3S/c1-12(18)21-17-9-16(20-11-17)10-19-15-7-6-13-4-2-3-5-14(13)8-15/h2-8,16-17H,9-11H2,1H3/t16-,17+/m1/s1. The molecule has 2 aromatic carbocycles. The Morgan fingerprint density at radius 1 is 1.29 bits per heavy atom. The van der Waals surface area contributed by atoms with E-state index in [1.165, 1.54) is 22.5 Å². The quantitative estimate of drug-likeness (QED) is 0.863. The molecule has 2 atom stereocenters. The molecule has 3 nitrogen and oxygen atoms in total. The lowest BCUT2D eigenvalue weighted by molar-refractivity contribution is -0.109. The van der Waals surface area contributed by atoms with E-state index < -0.39 is 0 Å². The topological polar surface area (TPSA) is 35.5 Å². The summed E-state index contributed by atoms with van der Waals surface area (Å²) in [7, 11) is 0. The van der Waals surface area contributed by atoms with Crippen LogP contribution in [0.2, 0.25) is 0 Å². The van der Waals surface area contributed by atoms with Crippen molar-refractivity contribution in [2.24, 2.45) is 0 Å². The van der Waals surface area contributed by atoms with Gasteiger partial charge in [0, 0.05) is 12.2 Å². The first-order valence-corrected chi connectivity index (χ1v) is 7.99. The molecule has 21 heavy (non-hydrogen) atoms. The van der Waals surface area contributed by atoms with Gasteiger partial charge in [0.2, 0.25) is 0 Å². The summed E-state index contributed by atoms with van der Waals surface area (Å²) in [5.74, 6) is 0.861. The fourth-order valence-corrected chi connectivity index (χ4v) is 3.48. The van der Waals surface area contributed by atoms with E-state index in [0.29, 0.717) is 13.2 Å². The van der Waals surface area contributed by atoms with Crippen LogP contribution in [-0.2, 0) is 9.53 Å². The van der Waals surface area contributed by atoms with E-state index in [9.17, 15) is 4.79 Å². The van der Waals surface area contributed by atoms with Crippen LogP contribution in [0, 0.1) is 0 Å². The number of thioether (sulfide) groups is 1. The molecule has 0 saturated carbocycles. The van der Waals surface area contributed by atoms with Gasteiger partial charge in [-0.3, -0.25) is 4.79 Å². The summed E-state index contributed by atoms with van der Waals surface area (Å²) in [5, 5.41) is 2.81. The summed E-state index contributed by atoms with van der Waals surface area (Å²) in [6, 6.07) is 14.3. The average Bonchev–Trinajstić information content (AvgIpc) is 2.91. The number of benzene rings is 2. The second kappa shape index (κ2) is 6.50. The third-order valence-electron chi connectivity index (χ3n) is 3.53. The lowest BCUT2D eigenvalue weighted by atomic mass is 10.1. The van der Waals surface area contributed by atoms with Crippen LogP contribution in [0.5, 0.6) is 5.75 Å². The Bertz CT molecular complexity index is 641. The molecule has 110 valence electrons. The maximum atomic E-state index is 11.1. The smallest absolute Gasteiger partial charge is 0.186 e. The van der Waals surface area contributed by atoms with E-state index in [1.54, 1.807) is 6.92 Å². The van der Waals surface area contributed by atoms with Crippen molar-refractivity contribution in [3.05, 3.63) is 42.5 Å². The molecule has 1 heterocycles. The summed E-state index contributed by atoms with van der Waals surface area (Å²) in [4.78, 5) is 11.1. The van der Waals surface area contributed by atoms with Gasteiger partial charge in [-0.05, 0) is 29.3 Å². The molecule has 0 N–H and O–H groups in total. The Morgan fingerprint density at radius 3 is 2.90 bits per heavy atom. The minimum atomic E-state index is 0.0771. The second-order valence-electron chi connectivity index (χ2n) is 5.24. The molecule has 0 radical (unpaired) electrons. The Hall–Kier alpha value is -1.52. The van der Waals surface area contributed by atoms with Crippen molar-refractivity contribution in [1.29, 1.82) is 0 Å². The SMILES string of the molecule is CC(=O)S[C@@H]1CO[C@@H](COc2ccc3ccccc3c2)C1. The van der Waals surface area contributed by atoms with Gasteiger partial charge < -0.3 is 9.47 Å². The maximum Gasteiger partial charge on any atom is 0.186 e. The van der Waals surface area contributed by atoms with E-state index in [2.05, 4.69) is 18.2 Å². The molecule has 4 heteroatoms. The summed E-state index contributed by atoms with van der Waals surface area (Å²) >= 11 is 1.37. The minimum Gasteiger partial charge on any atom is -0.491 e. The van der Waals surface area contributed by atoms with Crippen LogP contribution in [0.4, 0.5) is 0 Å². The first-order valence-electron chi connectivity index (χ1n) is 7.11. The predicted octanol–water partition coefficient (Wildman–Crippen LogP) is 3.66. The number of fused-ring (bicyclic) bond motifs is 1. The lowest BCUT2D eigenvalue weighted by Crippen LogP contribution is -2.16. The zero-order chi connectivity index (χ0) is 14.7. The Kier molecular flexibility index (Phi) is 4.46. The molecule has 2 aromatic rings. The van der Waals surface area contributed by atoms with Gasteiger partial charge >= 0.3 is 0 Å². The van der Waals surface area contributed by atoms with Crippen molar-refractivity contribution in [1.82, 2.24) is 0 Å². The van der Waals surface area contributed by atoms with E-state index in [1.807, 2.05) is 24.3 Å². The van der Waals surface area contributed by atoms with Gasteiger partial charge in [-0.25, -0.2) is 0 Å². The highest BCUT2D eigenvalue weighted by atomic mass is 32.2. The highest BCUT2D eigenvalue weighted by Crippen LogP contribution is 2.26. The van der Waals surface area contributed by atoms with E-state index in [4.69, 9.17) is 9.47 Å². The molecule has 3 rings (SSSR count). The average molecular weight is 302 g/mol. The molecule has 0 amide bonds. The van der Waals surface area contributed by atoms with Crippen LogP contribution >= 0.6 is 11.8 Å². The number of hydrogen-bond donors (Lipinski definition) is 0. The number of hydrogen-bond acceptors (Lipinski definition) is 4. The van der Waals surface area contributed by atoms with Crippen LogP contribution in [0.1, 0.15) is 13.3 Å².